The third kappa shape index (κ3) is 1.77. The Morgan fingerprint density at radius 2 is 1.91 bits per heavy atom. The molecule has 0 heterocycles. The molecule has 2 saturated carbocycles. The van der Waals surface area contributed by atoms with Crippen LogP contribution in [0.15, 0.2) is 12.1 Å². The monoisotopic (exact) mass is 304 g/mol. The van der Waals surface area contributed by atoms with E-state index in [2.05, 4.69) is 6.92 Å². The summed E-state index contributed by atoms with van der Waals surface area (Å²) in [5.74, 6) is 1.31. The van der Waals surface area contributed by atoms with Crippen LogP contribution in [0.4, 0.5) is 0 Å². The molecule has 4 heteroatoms. The number of hydrogen-bond donors (Lipinski definition) is 4. The van der Waals surface area contributed by atoms with Gasteiger partial charge in [-0.05, 0) is 66.9 Å². The fourth-order valence-electron chi connectivity index (χ4n) is 5.67. The van der Waals surface area contributed by atoms with E-state index in [0.717, 1.165) is 36.8 Å². The van der Waals surface area contributed by atoms with Crippen molar-refractivity contribution in [2.75, 3.05) is 0 Å². The minimum atomic E-state index is -0.631. The lowest BCUT2D eigenvalue weighted by Gasteiger charge is -2.49. The Morgan fingerprint density at radius 1 is 1.14 bits per heavy atom. The van der Waals surface area contributed by atoms with E-state index >= 15 is 0 Å². The second-order valence-electron chi connectivity index (χ2n) is 7.75. The predicted molar refractivity (Wildman–Crippen MR) is 81.8 cm³/mol. The van der Waals surface area contributed by atoms with Crippen LogP contribution in [0.25, 0.3) is 0 Å². The molecule has 4 N–H and O–H groups in total. The fourth-order valence-corrected chi connectivity index (χ4v) is 5.67. The van der Waals surface area contributed by atoms with Gasteiger partial charge in [-0.15, -0.1) is 0 Å². The molecule has 0 unspecified atom stereocenters. The zero-order valence-corrected chi connectivity index (χ0v) is 12.9. The van der Waals surface area contributed by atoms with Crippen LogP contribution >= 0.6 is 0 Å². The van der Waals surface area contributed by atoms with E-state index in [1.807, 2.05) is 0 Å². The minimum Gasteiger partial charge on any atom is -0.508 e. The van der Waals surface area contributed by atoms with Crippen LogP contribution in [0.3, 0.4) is 0 Å². The number of rotatable bonds is 0. The smallest absolute Gasteiger partial charge is 0.123 e. The molecule has 0 spiro atoms. The molecule has 0 aliphatic heterocycles. The highest BCUT2D eigenvalue weighted by molar-refractivity contribution is 5.49. The number of benzene rings is 1. The lowest BCUT2D eigenvalue weighted by molar-refractivity contribution is -0.0507. The summed E-state index contributed by atoms with van der Waals surface area (Å²) in [7, 11) is 0. The van der Waals surface area contributed by atoms with Gasteiger partial charge in [-0.2, -0.15) is 0 Å². The van der Waals surface area contributed by atoms with E-state index in [-0.39, 0.29) is 22.8 Å². The highest BCUT2D eigenvalue weighted by Crippen LogP contribution is 2.61. The van der Waals surface area contributed by atoms with Crippen molar-refractivity contribution in [2.45, 2.75) is 57.2 Å². The Bertz CT molecular complexity index is 613. The average Bonchev–Trinajstić information content (AvgIpc) is 2.70. The number of aliphatic hydroxyl groups excluding tert-OH is 2. The second-order valence-corrected chi connectivity index (χ2v) is 7.75. The van der Waals surface area contributed by atoms with Crippen LogP contribution in [0, 0.1) is 17.3 Å². The third-order valence-corrected chi connectivity index (χ3v) is 6.76. The molecule has 3 aliphatic carbocycles. The van der Waals surface area contributed by atoms with Gasteiger partial charge in [0, 0.05) is 11.6 Å². The molecule has 0 aromatic heterocycles. The van der Waals surface area contributed by atoms with Gasteiger partial charge in [-0.1, -0.05) is 6.92 Å². The largest absolute Gasteiger partial charge is 0.508 e. The standard InChI is InChI=1S/C18H24O4/c1-18-5-4-12-11(13(18)8-15(21)17(18)22)3-2-9-6-10(19)7-14(20)16(9)12/h6-7,11-13,15,17,19-22H,2-5,8H2,1H3/t11-,12-,13-,15+,17+,18-/m0/s1. The molecule has 0 saturated heterocycles. The van der Waals surface area contributed by atoms with Gasteiger partial charge in [0.1, 0.15) is 11.5 Å². The first-order chi connectivity index (χ1) is 10.4. The number of phenolic OH excluding ortho intramolecular Hbond substituents is 2. The quantitative estimate of drug-likeness (QED) is 0.593. The van der Waals surface area contributed by atoms with E-state index < -0.39 is 12.2 Å². The van der Waals surface area contributed by atoms with Gasteiger partial charge in [0.2, 0.25) is 0 Å². The molecule has 4 nitrogen and oxygen atoms in total. The van der Waals surface area contributed by atoms with Gasteiger partial charge in [0.25, 0.3) is 0 Å². The second kappa shape index (κ2) is 4.62. The van der Waals surface area contributed by atoms with Gasteiger partial charge >= 0.3 is 0 Å². The summed E-state index contributed by atoms with van der Waals surface area (Å²) < 4.78 is 0. The van der Waals surface area contributed by atoms with E-state index in [9.17, 15) is 20.4 Å². The molecule has 1 aromatic carbocycles. The molecule has 2 fully saturated rings. The minimum absolute atomic E-state index is 0.127. The maximum Gasteiger partial charge on any atom is 0.123 e. The lowest BCUT2D eigenvalue weighted by atomic mass is 9.55. The van der Waals surface area contributed by atoms with Gasteiger partial charge in [-0.3, -0.25) is 0 Å². The highest BCUT2D eigenvalue weighted by Gasteiger charge is 2.58. The first kappa shape index (κ1) is 14.3. The van der Waals surface area contributed by atoms with Gasteiger partial charge in [0.15, 0.2) is 0 Å². The molecule has 0 amide bonds. The van der Waals surface area contributed by atoms with Crippen LogP contribution < -0.4 is 0 Å². The summed E-state index contributed by atoms with van der Waals surface area (Å²) >= 11 is 0. The Balaban J connectivity index is 1.75. The highest BCUT2D eigenvalue weighted by atomic mass is 16.3. The lowest BCUT2D eigenvalue weighted by Crippen LogP contribution is -2.44. The zero-order chi connectivity index (χ0) is 15.6. The Morgan fingerprint density at radius 3 is 2.68 bits per heavy atom. The normalized spacial score (nSPS) is 43.3. The number of aromatic hydroxyl groups is 2. The zero-order valence-electron chi connectivity index (χ0n) is 12.9. The predicted octanol–water partition coefficient (Wildman–Crippen LogP) is 2.29. The van der Waals surface area contributed by atoms with Crippen molar-refractivity contribution < 1.29 is 20.4 Å². The van der Waals surface area contributed by atoms with Crippen LogP contribution in [-0.4, -0.2) is 32.6 Å². The number of fused-ring (bicyclic) bond motifs is 5. The molecule has 6 atom stereocenters. The van der Waals surface area contributed by atoms with Crippen molar-refractivity contribution in [3.8, 4) is 11.5 Å². The van der Waals surface area contributed by atoms with E-state index in [0.29, 0.717) is 18.3 Å². The number of aryl methyl sites for hydroxylation is 1. The average molecular weight is 304 g/mol. The van der Waals surface area contributed by atoms with Crippen molar-refractivity contribution in [2.24, 2.45) is 17.3 Å². The van der Waals surface area contributed by atoms with E-state index in [4.69, 9.17) is 0 Å². The third-order valence-electron chi connectivity index (χ3n) is 6.76. The molecule has 3 aliphatic rings. The van der Waals surface area contributed by atoms with Crippen LogP contribution in [0.5, 0.6) is 11.5 Å². The summed E-state index contributed by atoms with van der Waals surface area (Å²) in [6.45, 7) is 2.11. The first-order valence-corrected chi connectivity index (χ1v) is 8.32. The maximum absolute atomic E-state index is 10.4. The van der Waals surface area contributed by atoms with E-state index in [1.54, 1.807) is 6.07 Å². The number of aliphatic hydroxyl groups is 2. The SMILES string of the molecule is C[C@]12CC[C@@H]3c4c(O)cc(O)cc4CC[C@@H]3[C@@H]1C[C@@H](O)[C@H]2O. The van der Waals surface area contributed by atoms with E-state index in [1.165, 1.54) is 6.07 Å². The molecule has 0 radical (unpaired) electrons. The van der Waals surface area contributed by atoms with Crippen molar-refractivity contribution in [1.82, 2.24) is 0 Å². The topological polar surface area (TPSA) is 80.9 Å². The molecule has 0 bridgehead atoms. The van der Waals surface area contributed by atoms with Crippen molar-refractivity contribution in [1.29, 1.82) is 0 Å². The van der Waals surface area contributed by atoms with Gasteiger partial charge in [0.05, 0.1) is 12.2 Å². The van der Waals surface area contributed by atoms with Crippen LogP contribution in [0.1, 0.15) is 49.7 Å². The molecule has 4 rings (SSSR count). The molecule has 120 valence electrons. The van der Waals surface area contributed by atoms with Gasteiger partial charge < -0.3 is 20.4 Å². The molecular formula is C18H24O4. The maximum atomic E-state index is 10.4. The van der Waals surface area contributed by atoms with Crippen LogP contribution in [-0.2, 0) is 6.42 Å². The fraction of sp³-hybridized carbons (Fsp3) is 0.667. The first-order valence-electron chi connectivity index (χ1n) is 8.32. The number of phenols is 2. The Hall–Kier alpha value is -1.26. The molecular weight excluding hydrogens is 280 g/mol. The van der Waals surface area contributed by atoms with Crippen molar-refractivity contribution >= 4 is 0 Å². The Labute approximate surface area is 130 Å². The summed E-state index contributed by atoms with van der Waals surface area (Å²) in [4.78, 5) is 0. The van der Waals surface area contributed by atoms with Crippen molar-refractivity contribution in [3.63, 3.8) is 0 Å². The molecule has 1 aromatic rings. The molecule has 22 heavy (non-hydrogen) atoms. The summed E-state index contributed by atoms with van der Waals surface area (Å²) in [5, 5.41) is 40.6. The number of hydrogen-bond acceptors (Lipinski definition) is 4. The summed E-state index contributed by atoms with van der Waals surface area (Å²) in [6, 6.07) is 3.21. The van der Waals surface area contributed by atoms with Crippen molar-refractivity contribution in [3.05, 3.63) is 23.3 Å². The Kier molecular flexibility index (Phi) is 3.01. The summed E-state index contributed by atoms with van der Waals surface area (Å²) in [6.07, 6.45) is 3.05. The summed E-state index contributed by atoms with van der Waals surface area (Å²) in [5.41, 5.74) is 1.85. The van der Waals surface area contributed by atoms with Crippen LogP contribution in [0.2, 0.25) is 0 Å². The van der Waals surface area contributed by atoms with Gasteiger partial charge in [-0.25, -0.2) is 0 Å².